The van der Waals surface area contributed by atoms with Crippen molar-refractivity contribution in [3.63, 3.8) is 0 Å². The Bertz CT molecular complexity index is 1340. The van der Waals surface area contributed by atoms with Crippen LogP contribution in [0.15, 0.2) is 15.3 Å². The third-order valence-corrected chi connectivity index (χ3v) is 8.41. The van der Waals surface area contributed by atoms with Gasteiger partial charge in [0.2, 0.25) is 0 Å². The second-order valence-electron chi connectivity index (χ2n) is 10.9. The molecule has 2 aliphatic heterocycles. The van der Waals surface area contributed by atoms with E-state index < -0.39 is 23.1 Å². The van der Waals surface area contributed by atoms with Crippen LogP contribution in [0.5, 0.6) is 0 Å². The summed E-state index contributed by atoms with van der Waals surface area (Å²) in [5, 5.41) is 10.7. The van der Waals surface area contributed by atoms with Gasteiger partial charge in [-0.2, -0.15) is 5.26 Å². The predicted octanol–water partition coefficient (Wildman–Crippen LogP) is 4.97. The van der Waals surface area contributed by atoms with Gasteiger partial charge in [-0.1, -0.05) is 11.6 Å². The average Bonchev–Trinajstić information content (AvgIpc) is 3.21. The number of likely N-dealkylation sites (tertiary alicyclic amines) is 1. The Labute approximate surface area is 229 Å². The summed E-state index contributed by atoms with van der Waals surface area (Å²) in [6, 6.07) is 3.49. The van der Waals surface area contributed by atoms with Crippen LogP contribution in [0, 0.1) is 17.1 Å². The van der Waals surface area contributed by atoms with Gasteiger partial charge in [-0.05, 0) is 76.1 Å². The van der Waals surface area contributed by atoms with Crippen LogP contribution in [0.1, 0.15) is 46.1 Å². The lowest BCUT2D eigenvalue weighted by molar-refractivity contribution is 0.0159. The van der Waals surface area contributed by atoms with Gasteiger partial charge in [-0.3, -0.25) is 4.79 Å². The molecule has 0 aliphatic carbocycles. The van der Waals surface area contributed by atoms with Crippen LogP contribution in [0.25, 0.3) is 10.9 Å². The first kappa shape index (κ1) is 27.7. The number of pyridine rings is 1. The van der Waals surface area contributed by atoms with Gasteiger partial charge in [0.1, 0.15) is 17.2 Å². The molecule has 37 heavy (non-hydrogen) atoms. The molecule has 2 atom stereocenters. The number of piperazine rings is 1. The highest BCUT2D eigenvalue weighted by molar-refractivity contribution is 9.10. The summed E-state index contributed by atoms with van der Waals surface area (Å²) < 4.78 is 22.8. The largest absolute Gasteiger partial charge is 0.444 e. The number of carbonyl (C=O) groups is 1. The third-order valence-electron chi connectivity index (χ3n) is 7.11. The Kier molecular flexibility index (Phi) is 7.80. The number of nitrogens with zero attached hydrogens (tertiary/aromatic N) is 5. The molecule has 0 unspecified atom stereocenters. The Balaban J connectivity index is 1.82. The highest BCUT2D eigenvalue weighted by atomic mass is 79.9. The van der Waals surface area contributed by atoms with E-state index in [1.165, 1.54) is 4.57 Å². The molecule has 0 saturated carbocycles. The van der Waals surface area contributed by atoms with Crippen LogP contribution in [-0.2, 0) is 11.3 Å². The Morgan fingerprint density at radius 1 is 1.32 bits per heavy atom. The average molecular weight is 597 g/mol. The van der Waals surface area contributed by atoms with E-state index in [1.807, 2.05) is 39.6 Å². The van der Waals surface area contributed by atoms with E-state index in [2.05, 4.69) is 26.9 Å². The number of anilines is 1. The molecule has 0 bridgehead atoms. The Morgan fingerprint density at radius 3 is 2.59 bits per heavy atom. The van der Waals surface area contributed by atoms with Gasteiger partial charge in [0.15, 0.2) is 5.82 Å². The second kappa shape index (κ2) is 10.4. The minimum Gasteiger partial charge on any atom is -0.444 e. The molecule has 0 N–H and O–H groups in total. The number of aromatic nitrogens is 1. The molecule has 8 nitrogen and oxygen atoms in total. The van der Waals surface area contributed by atoms with E-state index in [0.29, 0.717) is 30.7 Å². The Morgan fingerprint density at radius 2 is 2.03 bits per heavy atom. The predicted molar refractivity (Wildman–Crippen MR) is 146 cm³/mol. The summed E-state index contributed by atoms with van der Waals surface area (Å²) >= 11 is 9.61. The van der Waals surface area contributed by atoms with Crippen molar-refractivity contribution in [2.75, 3.05) is 38.1 Å². The van der Waals surface area contributed by atoms with Crippen LogP contribution >= 0.6 is 27.5 Å². The summed E-state index contributed by atoms with van der Waals surface area (Å²) in [5.74, 6) is -0.633. The van der Waals surface area contributed by atoms with E-state index >= 15 is 4.39 Å². The number of ether oxygens (including phenoxy) is 1. The number of hydrogen-bond acceptors (Lipinski definition) is 6. The molecule has 1 amide bonds. The maximum Gasteiger partial charge on any atom is 0.410 e. The quantitative estimate of drug-likeness (QED) is 0.466. The van der Waals surface area contributed by atoms with Crippen molar-refractivity contribution in [3.8, 4) is 6.07 Å². The van der Waals surface area contributed by atoms with Gasteiger partial charge < -0.3 is 24.0 Å². The topological polar surface area (TPSA) is 81.8 Å². The van der Waals surface area contributed by atoms with Crippen molar-refractivity contribution in [3.05, 3.63) is 37.3 Å². The van der Waals surface area contributed by atoms with Crippen molar-refractivity contribution < 1.29 is 13.9 Å². The summed E-state index contributed by atoms with van der Waals surface area (Å²) in [5.41, 5.74) is -0.734. The van der Waals surface area contributed by atoms with E-state index in [4.69, 9.17) is 16.3 Å². The molecule has 2 saturated heterocycles. The first-order valence-corrected chi connectivity index (χ1v) is 13.6. The number of amides is 1. The summed E-state index contributed by atoms with van der Waals surface area (Å²) in [6.07, 6.45) is 1.46. The van der Waals surface area contributed by atoms with Gasteiger partial charge in [0.05, 0.1) is 20.7 Å². The molecular formula is C26H32BrClFN5O3. The van der Waals surface area contributed by atoms with Crippen molar-refractivity contribution in [2.24, 2.45) is 0 Å². The number of likely N-dealkylation sites (N-methyl/N-ethyl adjacent to an activating group) is 1. The monoisotopic (exact) mass is 595 g/mol. The third kappa shape index (κ3) is 5.31. The van der Waals surface area contributed by atoms with Crippen molar-refractivity contribution in [1.82, 2.24) is 14.4 Å². The maximum absolute atomic E-state index is 15.8. The summed E-state index contributed by atoms with van der Waals surface area (Å²) in [6.45, 7) is 9.50. The summed E-state index contributed by atoms with van der Waals surface area (Å²) in [4.78, 5) is 32.1. The molecule has 0 spiro atoms. The molecule has 2 aliphatic rings. The van der Waals surface area contributed by atoms with Gasteiger partial charge in [0, 0.05) is 43.6 Å². The lowest BCUT2D eigenvalue weighted by Gasteiger charge is -2.41. The molecular weight excluding hydrogens is 565 g/mol. The molecule has 4 rings (SSSR count). The molecule has 11 heteroatoms. The summed E-state index contributed by atoms with van der Waals surface area (Å²) in [7, 11) is 1.99. The highest BCUT2D eigenvalue weighted by Crippen LogP contribution is 2.38. The van der Waals surface area contributed by atoms with E-state index in [-0.39, 0.29) is 39.2 Å². The molecule has 2 fully saturated rings. The minimum absolute atomic E-state index is 0.0520. The van der Waals surface area contributed by atoms with Gasteiger partial charge in [-0.25, -0.2) is 9.18 Å². The van der Waals surface area contributed by atoms with Crippen LogP contribution in [0.2, 0.25) is 5.02 Å². The number of nitriles is 1. The van der Waals surface area contributed by atoms with Gasteiger partial charge in [0.25, 0.3) is 5.56 Å². The zero-order valence-corrected chi connectivity index (χ0v) is 24.1. The van der Waals surface area contributed by atoms with E-state index in [9.17, 15) is 14.9 Å². The van der Waals surface area contributed by atoms with Gasteiger partial charge in [-0.15, -0.1) is 0 Å². The van der Waals surface area contributed by atoms with Crippen LogP contribution in [0.3, 0.4) is 0 Å². The normalized spacial score (nSPS) is 20.9. The fraction of sp³-hybridized carbons (Fsp3) is 0.577. The molecule has 1 aromatic heterocycles. The number of rotatable bonds is 3. The van der Waals surface area contributed by atoms with Crippen molar-refractivity contribution in [2.45, 2.75) is 64.8 Å². The zero-order chi connectivity index (χ0) is 27.2. The number of hydrogen-bond donors (Lipinski definition) is 0. The number of carbonyl (C=O) groups excluding carboxylic acids is 1. The lowest BCUT2D eigenvalue weighted by Crippen LogP contribution is -2.55. The highest BCUT2D eigenvalue weighted by Gasteiger charge is 2.34. The minimum atomic E-state index is -0.633. The maximum atomic E-state index is 15.8. The molecule has 0 radical (unpaired) electrons. The number of halogens is 3. The van der Waals surface area contributed by atoms with Crippen LogP contribution < -0.4 is 10.5 Å². The lowest BCUT2D eigenvalue weighted by atomic mass is 10.0. The van der Waals surface area contributed by atoms with E-state index in [1.54, 1.807) is 11.0 Å². The van der Waals surface area contributed by atoms with Crippen LogP contribution in [-0.4, -0.2) is 71.4 Å². The molecule has 200 valence electrons. The number of fused-ring (bicyclic) bond motifs is 1. The zero-order valence-electron chi connectivity index (χ0n) is 21.8. The number of benzene rings is 1. The SMILES string of the molecule is C[C@@H]1CN(c2c(C#N)c(=O)n(C[C@@H]3CCCN3C)c3c(F)c(Br)c(Cl)cc23)CCN1C(=O)OC(C)(C)C. The fourth-order valence-electron chi connectivity index (χ4n) is 5.28. The van der Waals surface area contributed by atoms with Crippen LogP contribution in [0.4, 0.5) is 14.9 Å². The van der Waals surface area contributed by atoms with Crippen molar-refractivity contribution >= 4 is 50.2 Å². The molecule has 2 aromatic rings. The molecule has 1 aromatic carbocycles. The Hall–Kier alpha value is -2.35. The van der Waals surface area contributed by atoms with E-state index in [0.717, 1.165) is 19.4 Å². The fourth-order valence-corrected chi connectivity index (χ4v) is 5.77. The van der Waals surface area contributed by atoms with Gasteiger partial charge >= 0.3 is 6.09 Å². The first-order chi connectivity index (χ1) is 17.3. The second-order valence-corrected chi connectivity index (χ2v) is 12.1. The smallest absolute Gasteiger partial charge is 0.410 e. The first-order valence-electron chi connectivity index (χ1n) is 12.4. The van der Waals surface area contributed by atoms with Crippen molar-refractivity contribution in [1.29, 1.82) is 5.26 Å². The molecule has 3 heterocycles. The standard InChI is InChI=1S/C26H32BrClFN5O3/c1-15-13-32(9-10-33(15)25(36)37-26(2,3)4)22-17-11-19(28)20(27)21(29)23(17)34(24(35)18(22)12-30)14-16-7-6-8-31(16)5/h11,15-16H,6-10,13-14H2,1-5H3/t15-,16+/m1/s1.